The van der Waals surface area contributed by atoms with Crippen LogP contribution in [0.1, 0.15) is 114 Å². The van der Waals surface area contributed by atoms with Crippen molar-refractivity contribution in [1.29, 1.82) is 21.0 Å². The van der Waals surface area contributed by atoms with E-state index >= 15 is 0 Å². The summed E-state index contributed by atoms with van der Waals surface area (Å²) in [6.45, 7) is 14.2. The zero-order chi connectivity index (χ0) is 82.7. The van der Waals surface area contributed by atoms with E-state index in [1.807, 2.05) is 191 Å². The lowest BCUT2D eigenvalue weighted by molar-refractivity contribution is -0.120. The fourth-order valence-electron chi connectivity index (χ4n) is 14.0. The lowest BCUT2D eigenvalue weighted by Crippen LogP contribution is -2.47. The highest BCUT2D eigenvalue weighted by Crippen LogP contribution is 2.33. The summed E-state index contributed by atoms with van der Waals surface area (Å²) in [5, 5.41) is 38.8. The number of carbonyl (C=O) groups is 4. The molecular weight excluding hydrogens is 1560 g/mol. The summed E-state index contributed by atoms with van der Waals surface area (Å²) in [5.74, 6) is 0.573. The number of hydrogen-bond acceptors (Lipinski definition) is 19. The van der Waals surface area contributed by atoms with E-state index in [1.165, 1.54) is 0 Å². The second-order valence-electron chi connectivity index (χ2n) is 29.4. The minimum absolute atomic E-state index is 0. The smallest absolute Gasteiger partial charge is 0.407 e. The first-order valence-electron chi connectivity index (χ1n) is 37.9. The van der Waals surface area contributed by atoms with Crippen molar-refractivity contribution >= 4 is 62.9 Å². The summed E-state index contributed by atoms with van der Waals surface area (Å²) >= 11 is 3.34. The summed E-state index contributed by atoms with van der Waals surface area (Å²) in [4.78, 5) is 88.2. The van der Waals surface area contributed by atoms with Gasteiger partial charge in [0.2, 0.25) is 0 Å². The lowest BCUT2D eigenvalue weighted by Gasteiger charge is -2.33. The molecule has 0 atom stereocenters. The van der Waals surface area contributed by atoms with Crippen molar-refractivity contribution in [1.82, 2.24) is 72.6 Å². The number of nitriles is 4. The molecule has 0 saturated carbocycles. The van der Waals surface area contributed by atoms with Gasteiger partial charge in [0.15, 0.2) is 22.6 Å². The minimum atomic E-state index is -0.544. The molecule has 2 saturated heterocycles. The number of halogens is 1. The Morgan fingerprint density at radius 2 is 0.765 bits per heavy atom. The maximum atomic E-state index is 13.3. The van der Waals surface area contributed by atoms with Crippen LogP contribution in [0.5, 0.6) is 5.75 Å². The number of nitrogens with zero attached hydrogens (tertiary/aromatic N) is 18. The predicted octanol–water partition coefficient (Wildman–Crippen LogP) is 16.6. The third-order valence-corrected chi connectivity index (χ3v) is 20.7. The second-order valence-corrected chi connectivity index (χ2v) is 30.2. The summed E-state index contributed by atoms with van der Waals surface area (Å²) in [5.41, 5.74) is 27.6. The Labute approximate surface area is 694 Å². The average molecular weight is 1640 g/mol. The number of aromatic nitrogens is 12. The van der Waals surface area contributed by atoms with Crippen molar-refractivity contribution in [2.24, 2.45) is 5.73 Å². The van der Waals surface area contributed by atoms with Gasteiger partial charge in [-0.05, 0) is 191 Å². The van der Waals surface area contributed by atoms with Crippen molar-refractivity contribution in [2.75, 3.05) is 26.2 Å². The van der Waals surface area contributed by atoms with Crippen LogP contribution in [0.4, 0.5) is 4.79 Å². The van der Waals surface area contributed by atoms with Gasteiger partial charge in [0.05, 0.1) is 136 Å². The van der Waals surface area contributed by atoms with Crippen LogP contribution in [0, 0.1) is 66.1 Å². The molecule has 7 aromatic carbocycles. The number of carbonyl (C=O) groups excluding carboxylic acids is 4. The number of hydrogen-bond donors (Lipinski definition) is 2. The molecule has 0 aliphatic carbocycles. The zero-order valence-corrected chi connectivity index (χ0v) is 66.8. The number of alkyl carbamates (subject to hydrolysis) is 1. The van der Waals surface area contributed by atoms with E-state index in [2.05, 4.69) is 85.4 Å². The third kappa shape index (κ3) is 18.9. The van der Waals surface area contributed by atoms with E-state index in [1.54, 1.807) is 104 Å². The molecule has 0 spiro atoms. The van der Waals surface area contributed by atoms with E-state index in [-0.39, 0.29) is 31.3 Å². The maximum Gasteiger partial charge on any atom is 0.407 e. The largest absolute Gasteiger partial charge is 0.444 e. The number of likely N-dealkylation sites (tertiary alicyclic amines) is 2. The summed E-state index contributed by atoms with van der Waals surface area (Å²) in [6.07, 6.45) is 24.4. The SMILES string of the molecule is C.Cc1cc(-c2cn3c(-c4ccc(C#N)cc4)cnc3cn2)ccc1C(=O)N1CCC(N)CC1.Cc1cc(-c2cn3c(-c4ccc(C#N)cc4)cnc3cn2)ccc1C(=O)N1CCC(NC(=O)OC(C)(C)C)CC1.Cc1cc(-c2cn3c(-c4ccc(C#N)cc4)cnc3cn2)ccc1OC=O.N#Cc1ccc(-c2cnc3cnc(Br)cn23)cc1. The van der Waals surface area contributed by atoms with Crippen molar-refractivity contribution in [3.05, 3.63) is 281 Å². The highest BCUT2D eigenvalue weighted by molar-refractivity contribution is 9.10. The molecule has 119 heavy (non-hydrogen) atoms. The topological polar surface area (TPSA) is 347 Å². The van der Waals surface area contributed by atoms with Gasteiger partial charge in [-0.15, -0.1) is 0 Å². The Morgan fingerprint density at radius 3 is 1.09 bits per heavy atom. The van der Waals surface area contributed by atoms with Gasteiger partial charge in [-0.3, -0.25) is 46.9 Å². The molecule has 3 N–H and O–H groups in total. The normalized spacial score (nSPS) is 12.7. The van der Waals surface area contributed by atoms with Gasteiger partial charge in [-0.1, -0.05) is 68.1 Å². The predicted molar refractivity (Wildman–Crippen MR) is 456 cm³/mol. The Morgan fingerprint density at radius 1 is 0.445 bits per heavy atom. The molecule has 10 heterocycles. The highest BCUT2D eigenvalue weighted by atomic mass is 79.9. The molecule has 0 bridgehead atoms. The van der Waals surface area contributed by atoms with Crippen molar-refractivity contribution < 1.29 is 28.7 Å². The number of nitrogens with two attached hydrogens (primary N) is 1. The van der Waals surface area contributed by atoms with Crippen LogP contribution in [0.25, 0.3) is 101 Å². The minimum Gasteiger partial charge on any atom is -0.444 e. The van der Waals surface area contributed by atoms with Crippen molar-refractivity contribution in [3.63, 3.8) is 0 Å². The van der Waals surface area contributed by atoms with Gasteiger partial charge >= 0.3 is 6.09 Å². The first-order chi connectivity index (χ1) is 57.1. The van der Waals surface area contributed by atoms with Crippen molar-refractivity contribution in [2.45, 2.75) is 92.3 Å². The summed E-state index contributed by atoms with van der Waals surface area (Å²) < 4.78 is 18.9. The molecular formula is C92H81BrN20O6. The number of imidazole rings is 4. The van der Waals surface area contributed by atoms with Gasteiger partial charge < -0.3 is 30.3 Å². The van der Waals surface area contributed by atoms with Crippen LogP contribution in [-0.2, 0) is 9.53 Å². The highest BCUT2D eigenvalue weighted by Gasteiger charge is 2.29. The Bertz CT molecular complexity index is 6460. The molecule has 27 heteroatoms. The van der Waals surface area contributed by atoms with Crippen LogP contribution < -0.4 is 15.8 Å². The second kappa shape index (κ2) is 36.3. The molecule has 592 valence electrons. The first-order valence-corrected chi connectivity index (χ1v) is 38.7. The number of piperidine rings is 2. The fraction of sp³-hybridized carbons (Fsp3) is 0.196. The lowest BCUT2D eigenvalue weighted by atomic mass is 10.00. The fourth-order valence-corrected chi connectivity index (χ4v) is 14.3. The summed E-state index contributed by atoms with van der Waals surface area (Å²) in [6, 6.07) is 55.4. The number of amides is 3. The number of benzene rings is 7. The van der Waals surface area contributed by atoms with Gasteiger partial charge in [0.25, 0.3) is 18.3 Å². The molecule has 3 amide bonds. The van der Waals surface area contributed by atoms with Gasteiger partial charge in [0, 0.05) is 113 Å². The van der Waals surface area contributed by atoms with Crippen molar-refractivity contribution in [3.8, 4) is 109 Å². The first kappa shape index (κ1) is 82.1. The molecule has 15 aromatic rings. The monoisotopic (exact) mass is 1640 g/mol. The van der Waals surface area contributed by atoms with E-state index in [0.717, 1.165) is 141 Å². The summed E-state index contributed by atoms with van der Waals surface area (Å²) in [7, 11) is 0. The van der Waals surface area contributed by atoms with Gasteiger partial charge in [0.1, 0.15) is 16.0 Å². The molecule has 8 aromatic heterocycles. The average Bonchev–Trinajstić information content (AvgIpc) is 1.66. The van der Waals surface area contributed by atoms with Crippen LogP contribution in [0.3, 0.4) is 0 Å². The van der Waals surface area contributed by atoms with Crippen LogP contribution in [0.15, 0.2) is 231 Å². The molecule has 2 aliphatic rings. The van der Waals surface area contributed by atoms with E-state index in [0.29, 0.717) is 79.1 Å². The van der Waals surface area contributed by atoms with Gasteiger partial charge in [-0.25, -0.2) is 29.7 Å². The maximum absolute atomic E-state index is 13.3. The molecule has 0 radical (unpaired) electrons. The molecule has 0 unspecified atom stereocenters. The number of fused-ring (bicyclic) bond motifs is 4. The Kier molecular flexibility index (Phi) is 25.0. The van der Waals surface area contributed by atoms with Gasteiger partial charge in [-0.2, -0.15) is 21.0 Å². The Balaban J connectivity index is 0.000000141. The standard InChI is InChI=1S/C31H32N6O3.C26H24N6O.C21H14N4O2.C13H7BrN4.CH4/c1-20-15-23(26-19-37-27(17-34-28(37)18-33-26)22-7-5-21(16-32)6-8-22)9-10-25(20)29(38)36-13-11-24(12-14-36)35-30(39)40-31(2,3)4;1-17-12-20(6-7-22(17)26(33)31-10-8-21(28)9-11-31)23-16-32-24(14-30-25(32)15-29-23)19-4-2-18(13-27)3-5-19;1-14-8-17(6-7-20(14)27-13-26)18-12-25-19(10-24-21(25)11-23-18)16-4-2-15(9-22)3-5-16;14-12-8-18-11(6-17-13(18)7-16-12)10-3-1-9(5-15)2-4-10;/h5-10,15,17-19,24H,11-14H2,1-4H3,(H,35,39);2-7,12,14-16,21H,8-11,28H2,1H3;2-8,10-13H,1H3;1-4,6-8H;1H4. The molecule has 17 rings (SSSR count). The number of rotatable bonds is 12. The van der Waals surface area contributed by atoms with Crippen LogP contribution in [-0.4, -0.2) is 136 Å². The molecule has 26 nitrogen and oxygen atoms in total. The molecule has 2 aliphatic heterocycles. The van der Waals surface area contributed by atoms with E-state index in [4.69, 9.17) is 36.3 Å². The van der Waals surface area contributed by atoms with E-state index < -0.39 is 11.7 Å². The Hall–Kier alpha value is -14.9. The quantitative estimate of drug-likeness (QED) is 0.107. The van der Waals surface area contributed by atoms with E-state index in [9.17, 15) is 19.2 Å². The zero-order valence-electron chi connectivity index (χ0n) is 65.2. The number of aryl methyl sites for hydroxylation is 3. The number of ether oxygens (including phenoxy) is 2. The number of nitrogens with one attached hydrogen (secondary N) is 1. The third-order valence-electron chi connectivity index (χ3n) is 20.3. The van der Waals surface area contributed by atoms with Crippen LogP contribution in [0.2, 0.25) is 0 Å². The molecule has 2 fully saturated rings. The van der Waals surface area contributed by atoms with Crippen LogP contribution >= 0.6 is 15.9 Å².